The Kier molecular flexibility index (Phi) is 4.03. The standard InChI is InChI=1S/C21H30BrN/c1-3-4-13-7-9-21(2)10-8-15-16(20(13)21)6-5-14-11-19(23)18(22)12-17(14)15/h11-13,15-16,20H,3-10,23H2,1-2H3. The lowest BCUT2D eigenvalue weighted by molar-refractivity contribution is 0.0324. The summed E-state index contributed by atoms with van der Waals surface area (Å²) < 4.78 is 1.10. The van der Waals surface area contributed by atoms with Gasteiger partial charge < -0.3 is 5.73 Å². The van der Waals surface area contributed by atoms with E-state index in [9.17, 15) is 0 Å². The van der Waals surface area contributed by atoms with Crippen LogP contribution < -0.4 is 5.73 Å². The highest BCUT2D eigenvalue weighted by Crippen LogP contribution is 2.63. The molecule has 0 heterocycles. The van der Waals surface area contributed by atoms with Crippen LogP contribution in [-0.2, 0) is 6.42 Å². The molecule has 2 N–H and O–H groups in total. The van der Waals surface area contributed by atoms with Crippen LogP contribution in [0.25, 0.3) is 0 Å². The van der Waals surface area contributed by atoms with Crippen LogP contribution in [0.2, 0.25) is 0 Å². The van der Waals surface area contributed by atoms with Crippen molar-refractivity contribution in [3.05, 3.63) is 27.7 Å². The van der Waals surface area contributed by atoms with Gasteiger partial charge in [-0.25, -0.2) is 0 Å². The molecule has 0 saturated heterocycles. The zero-order chi connectivity index (χ0) is 16.2. The average molecular weight is 376 g/mol. The number of anilines is 1. The third-order valence-corrected chi connectivity index (χ3v) is 8.15. The lowest BCUT2D eigenvalue weighted by Crippen LogP contribution is -2.42. The largest absolute Gasteiger partial charge is 0.398 e. The fourth-order valence-electron chi connectivity index (χ4n) is 6.54. The molecule has 0 bridgehead atoms. The fourth-order valence-corrected chi connectivity index (χ4v) is 6.90. The Labute approximate surface area is 149 Å². The predicted molar refractivity (Wildman–Crippen MR) is 102 cm³/mol. The molecule has 0 amide bonds. The molecular weight excluding hydrogens is 346 g/mol. The van der Waals surface area contributed by atoms with Crippen molar-refractivity contribution in [1.29, 1.82) is 0 Å². The van der Waals surface area contributed by atoms with Crippen molar-refractivity contribution < 1.29 is 0 Å². The minimum Gasteiger partial charge on any atom is -0.398 e. The molecular formula is C21H30BrN. The molecule has 126 valence electrons. The van der Waals surface area contributed by atoms with Gasteiger partial charge in [0.15, 0.2) is 0 Å². The highest BCUT2D eigenvalue weighted by atomic mass is 79.9. The maximum Gasteiger partial charge on any atom is 0.0461 e. The highest BCUT2D eigenvalue weighted by Gasteiger charge is 2.53. The first-order valence-electron chi connectivity index (χ1n) is 9.61. The summed E-state index contributed by atoms with van der Waals surface area (Å²) in [6.45, 7) is 4.98. The second-order valence-corrected chi connectivity index (χ2v) is 9.54. The number of rotatable bonds is 2. The number of fused-ring (bicyclic) bond motifs is 5. The van der Waals surface area contributed by atoms with Gasteiger partial charge in [-0.05, 0) is 107 Å². The molecule has 5 unspecified atom stereocenters. The van der Waals surface area contributed by atoms with Crippen LogP contribution >= 0.6 is 15.9 Å². The molecule has 3 aliphatic rings. The lowest BCUT2D eigenvalue weighted by atomic mass is 9.54. The number of nitrogens with two attached hydrogens (primary N) is 1. The molecule has 2 fully saturated rings. The first-order chi connectivity index (χ1) is 11.0. The van der Waals surface area contributed by atoms with Crippen molar-refractivity contribution in [3.8, 4) is 0 Å². The topological polar surface area (TPSA) is 26.0 Å². The van der Waals surface area contributed by atoms with Crippen LogP contribution in [0.15, 0.2) is 16.6 Å². The van der Waals surface area contributed by atoms with Crippen LogP contribution in [0, 0.1) is 23.2 Å². The second-order valence-electron chi connectivity index (χ2n) is 8.69. The van der Waals surface area contributed by atoms with E-state index in [4.69, 9.17) is 5.73 Å². The number of aryl methyl sites for hydroxylation is 1. The van der Waals surface area contributed by atoms with Crippen molar-refractivity contribution in [1.82, 2.24) is 0 Å². The molecule has 0 radical (unpaired) electrons. The van der Waals surface area contributed by atoms with Gasteiger partial charge in [0.1, 0.15) is 0 Å². The first kappa shape index (κ1) is 16.0. The minimum absolute atomic E-state index is 0.629. The van der Waals surface area contributed by atoms with E-state index in [1.165, 1.54) is 56.9 Å². The Bertz CT molecular complexity index is 610. The molecule has 2 saturated carbocycles. The highest BCUT2D eigenvalue weighted by molar-refractivity contribution is 9.10. The fraction of sp³-hybridized carbons (Fsp3) is 0.714. The van der Waals surface area contributed by atoms with Crippen molar-refractivity contribution in [2.75, 3.05) is 5.73 Å². The molecule has 1 nitrogen and oxygen atoms in total. The SMILES string of the molecule is CCCC1CCC2(C)CCC3c4cc(Br)c(N)cc4CCC3C12. The quantitative estimate of drug-likeness (QED) is 0.602. The van der Waals surface area contributed by atoms with Crippen LogP contribution in [0.1, 0.15) is 75.8 Å². The summed E-state index contributed by atoms with van der Waals surface area (Å²) in [7, 11) is 0. The maximum absolute atomic E-state index is 6.13. The number of nitrogen functional groups attached to an aromatic ring is 1. The van der Waals surface area contributed by atoms with Gasteiger partial charge in [0.2, 0.25) is 0 Å². The minimum atomic E-state index is 0.629. The molecule has 0 spiro atoms. The van der Waals surface area contributed by atoms with Crippen molar-refractivity contribution in [2.45, 2.75) is 71.1 Å². The second kappa shape index (κ2) is 5.79. The van der Waals surface area contributed by atoms with Gasteiger partial charge in [0, 0.05) is 10.2 Å². The molecule has 5 atom stereocenters. The summed E-state index contributed by atoms with van der Waals surface area (Å²) in [6.07, 6.45) is 11.2. The van der Waals surface area contributed by atoms with Crippen molar-refractivity contribution >= 4 is 21.6 Å². The zero-order valence-electron chi connectivity index (χ0n) is 14.6. The number of halogens is 1. The van der Waals surface area contributed by atoms with E-state index in [-0.39, 0.29) is 0 Å². The Morgan fingerprint density at radius 1 is 1.22 bits per heavy atom. The number of benzene rings is 1. The molecule has 0 aromatic heterocycles. The molecule has 2 heteroatoms. The van der Waals surface area contributed by atoms with Crippen LogP contribution in [0.4, 0.5) is 5.69 Å². The maximum atomic E-state index is 6.13. The number of hydrogen-bond donors (Lipinski definition) is 1. The average Bonchev–Trinajstić information content (AvgIpc) is 2.86. The molecule has 23 heavy (non-hydrogen) atoms. The molecule has 0 aliphatic heterocycles. The van der Waals surface area contributed by atoms with E-state index < -0.39 is 0 Å². The van der Waals surface area contributed by atoms with E-state index >= 15 is 0 Å². The Morgan fingerprint density at radius 2 is 2.00 bits per heavy atom. The van der Waals surface area contributed by atoms with Gasteiger partial charge in [-0.2, -0.15) is 0 Å². The van der Waals surface area contributed by atoms with Crippen LogP contribution in [0.3, 0.4) is 0 Å². The van der Waals surface area contributed by atoms with Gasteiger partial charge in [-0.3, -0.25) is 0 Å². The lowest BCUT2D eigenvalue weighted by Gasteiger charge is -2.51. The van der Waals surface area contributed by atoms with Gasteiger partial charge in [-0.1, -0.05) is 26.7 Å². The summed E-state index contributed by atoms with van der Waals surface area (Å²) in [4.78, 5) is 0. The van der Waals surface area contributed by atoms with Gasteiger partial charge in [0.05, 0.1) is 0 Å². The van der Waals surface area contributed by atoms with E-state index in [1.807, 2.05) is 0 Å². The van der Waals surface area contributed by atoms with E-state index in [2.05, 4.69) is 41.9 Å². The van der Waals surface area contributed by atoms with Crippen LogP contribution in [0.5, 0.6) is 0 Å². The van der Waals surface area contributed by atoms with Gasteiger partial charge in [0.25, 0.3) is 0 Å². The van der Waals surface area contributed by atoms with Crippen LogP contribution in [-0.4, -0.2) is 0 Å². The van der Waals surface area contributed by atoms with Crippen molar-refractivity contribution in [3.63, 3.8) is 0 Å². The summed E-state index contributed by atoms with van der Waals surface area (Å²) in [5, 5.41) is 0. The van der Waals surface area contributed by atoms with E-state index in [0.717, 1.165) is 33.8 Å². The normalized spacial score (nSPS) is 38.7. The summed E-state index contributed by atoms with van der Waals surface area (Å²) in [5.74, 6) is 3.64. The zero-order valence-corrected chi connectivity index (χ0v) is 16.2. The molecule has 1 aromatic rings. The smallest absolute Gasteiger partial charge is 0.0461 e. The van der Waals surface area contributed by atoms with Gasteiger partial charge >= 0.3 is 0 Å². The first-order valence-corrected chi connectivity index (χ1v) is 10.4. The molecule has 3 aliphatic carbocycles. The monoisotopic (exact) mass is 375 g/mol. The summed E-state index contributed by atoms with van der Waals surface area (Å²) in [5.41, 5.74) is 10.8. The van der Waals surface area contributed by atoms with E-state index in [1.54, 1.807) is 5.56 Å². The Balaban J connectivity index is 1.71. The third-order valence-electron chi connectivity index (χ3n) is 7.47. The van der Waals surface area contributed by atoms with Gasteiger partial charge in [-0.15, -0.1) is 0 Å². The Morgan fingerprint density at radius 3 is 2.78 bits per heavy atom. The third kappa shape index (κ3) is 2.47. The number of hydrogen-bond acceptors (Lipinski definition) is 1. The predicted octanol–water partition coefficient (Wildman–Crippen LogP) is 6.30. The molecule has 4 rings (SSSR count). The molecule has 1 aromatic carbocycles. The van der Waals surface area contributed by atoms with E-state index in [0.29, 0.717) is 5.41 Å². The summed E-state index contributed by atoms with van der Waals surface area (Å²) in [6, 6.07) is 4.59. The Hall–Kier alpha value is -0.500. The summed E-state index contributed by atoms with van der Waals surface area (Å²) >= 11 is 3.67. The van der Waals surface area contributed by atoms with Crippen molar-refractivity contribution in [2.24, 2.45) is 23.2 Å².